The van der Waals surface area contributed by atoms with Crippen molar-refractivity contribution >= 4 is 17.2 Å². The van der Waals surface area contributed by atoms with Crippen molar-refractivity contribution in [3.8, 4) is 11.3 Å². The second-order valence-electron chi connectivity index (χ2n) is 6.68. The molecule has 1 amide bonds. The van der Waals surface area contributed by atoms with Gasteiger partial charge in [-0.2, -0.15) is 0 Å². The third-order valence-electron chi connectivity index (χ3n) is 4.95. The van der Waals surface area contributed by atoms with Gasteiger partial charge >= 0.3 is 0 Å². The molecule has 0 aliphatic rings. The summed E-state index contributed by atoms with van der Waals surface area (Å²) in [5.74, 6) is 0.00254. The third kappa shape index (κ3) is 4.02. The van der Waals surface area contributed by atoms with Gasteiger partial charge in [0, 0.05) is 17.5 Å². The number of carbonyl (C=O) groups excluding carboxylic acids is 1. The molecule has 26 heavy (non-hydrogen) atoms. The standard InChI is InChI=1S/C22H24N2OS/c1-14-10-19(17(4)16(3)15(14)2)20-13-26-22(24-20)11-21(25)23-12-18-8-6-5-7-9-18/h5-10,13H,11-12H2,1-4H3,(H,23,25). The average molecular weight is 365 g/mol. The quantitative estimate of drug-likeness (QED) is 0.699. The lowest BCUT2D eigenvalue weighted by Gasteiger charge is -2.12. The van der Waals surface area contributed by atoms with Crippen LogP contribution >= 0.6 is 11.3 Å². The zero-order valence-electron chi connectivity index (χ0n) is 15.7. The van der Waals surface area contributed by atoms with Crippen molar-refractivity contribution < 1.29 is 4.79 Å². The number of hydrogen-bond donors (Lipinski definition) is 1. The first-order chi connectivity index (χ1) is 12.5. The van der Waals surface area contributed by atoms with Gasteiger partial charge in [0.1, 0.15) is 5.01 Å². The summed E-state index contributed by atoms with van der Waals surface area (Å²) in [5.41, 5.74) is 8.41. The van der Waals surface area contributed by atoms with Gasteiger partial charge in [-0.05, 0) is 61.6 Å². The molecule has 1 N–H and O–H groups in total. The Morgan fingerprint density at radius 2 is 1.77 bits per heavy atom. The molecular weight excluding hydrogens is 340 g/mol. The Bertz CT molecular complexity index is 929. The highest BCUT2D eigenvalue weighted by Gasteiger charge is 2.13. The van der Waals surface area contributed by atoms with Gasteiger partial charge in [-0.25, -0.2) is 4.98 Å². The molecule has 0 unspecified atom stereocenters. The largest absolute Gasteiger partial charge is 0.352 e. The van der Waals surface area contributed by atoms with E-state index >= 15 is 0 Å². The van der Waals surface area contributed by atoms with Crippen LogP contribution in [0.15, 0.2) is 41.8 Å². The van der Waals surface area contributed by atoms with Gasteiger partial charge in [0.15, 0.2) is 0 Å². The van der Waals surface area contributed by atoms with Crippen molar-refractivity contribution in [2.75, 3.05) is 0 Å². The number of thiazole rings is 1. The Balaban J connectivity index is 1.69. The topological polar surface area (TPSA) is 42.0 Å². The first-order valence-corrected chi connectivity index (χ1v) is 9.66. The van der Waals surface area contributed by atoms with Crippen LogP contribution in [0.3, 0.4) is 0 Å². The number of carbonyl (C=O) groups is 1. The summed E-state index contributed by atoms with van der Waals surface area (Å²) in [6.07, 6.45) is 0.320. The summed E-state index contributed by atoms with van der Waals surface area (Å²) in [6.45, 7) is 9.14. The molecule has 0 aliphatic heterocycles. The van der Waals surface area contributed by atoms with E-state index in [4.69, 9.17) is 4.98 Å². The summed E-state index contributed by atoms with van der Waals surface area (Å²) in [6, 6.07) is 12.1. The fraction of sp³-hybridized carbons (Fsp3) is 0.273. The summed E-state index contributed by atoms with van der Waals surface area (Å²) < 4.78 is 0. The fourth-order valence-electron chi connectivity index (χ4n) is 2.99. The van der Waals surface area contributed by atoms with E-state index < -0.39 is 0 Å². The molecule has 0 saturated heterocycles. The van der Waals surface area contributed by atoms with Gasteiger partial charge < -0.3 is 5.32 Å². The van der Waals surface area contributed by atoms with E-state index in [1.165, 1.54) is 22.3 Å². The van der Waals surface area contributed by atoms with Crippen LogP contribution in [-0.4, -0.2) is 10.9 Å². The fourth-order valence-corrected chi connectivity index (χ4v) is 3.78. The molecule has 3 rings (SSSR count). The van der Waals surface area contributed by atoms with Gasteiger partial charge in [0.05, 0.1) is 12.1 Å². The SMILES string of the molecule is Cc1cc(-c2csc(CC(=O)NCc3ccccc3)n2)c(C)c(C)c1C. The smallest absolute Gasteiger partial charge is 0.227 e. The molecule has 1 heterocycles. The maximum atomic E-state index is 12.2. The molecule has 0 bridgehead atoms. The predicted molar refractivity (Wildman–Crippen MR) is 108 cm³/mol. The van der Waals surface area contributed by atoms with Crippen LogP contribution in [0.1, 0.15) is 32.8 Å². The van der Waals surface area contributed by atoms with Crippen molar-refractivity contribution in [3.05, 3.63) is 74.6 Å². The van der Waals surface area contributed by atoms with Gasteiger partial charge in [-0.3, -0.25) is 4.79 Å². The number of aromatic nitrogens is 1. The Kier molecular flexibility index (Phi) is 5.52. The predicted octanol–water partition coefficient (Wildman–Crippen LogP) is 4.90. The van der Waals surface area contributed by atoms with Crippen molar-refractivity contribution in [1.29, 1.82) is 0 Å². The highest BCUT2D eigenvalue weighted by molar-refractivity contribution is 7.10. The molecule has 0 aliphatic carbocycles. The minimum Gasteiger partial charge on any atom is -0.352 e. The normalized spacial score (nSPS) is 10.8. The average Bonchev–Trinajstić information content (AvgIpc) is 3.10. The molecule has 134 valence electrons. The van der Waals surface area contributed by atoms with Crippen molar-refractivity contribution in [3.63, 3.8) is 0 Å². The maximum absolute atomic E-state index is 12.2. The van der Waals surface area contributed by atoms with E-state index in [9.17, 15) is 4.79 Å². The van der Waals surface area contributed by atoms with E-state index in [0.29, 0.717) is 13.0 Å². The minimum atomic E-state index is 0.00254. The highest BCUT2D eigenvalue weighted by atomic mass is 32.1. The molecule has 0 radical (unpaired) electrons. The lowest BCUT2D eigenvalue weighted by molar-refractivity contribution is -0.120. The first kappa shape index (κ1) is 18.3. The second-order valence-corrected chi connectivity index (χ2v) is 7.62. The number of rotatable bonds is 5. The summed E-state index contributed by atoms with van der Waals surface area (Å²) >= 11 is 1.55. The van der Waals surface area contributed by atoms with E-state index in [0.717, 1.165) is 21.8 Å². The van der Waals surface area contributed by atoms with Crippen LogP contribution < -0.4 is 5.32 Å². The Morgan fingerprint density at radius 1 is 1.04 bits per heavy atom. The molecule has 3 nitrogen and oxygen atoms in total. The third-order valence-corrected chi connectivity index (χ3v) is 5.80. The van der Waals surface area contributed by atoms with Crippen LogP contribution in [0.4, 0.5) is 0 Å². The van der Waals surface area contributed by atoms with Crippen LogP contribution in [-0.2, 0) is 17.8 Å². The van der Waals surface area contributed by atoms with Crippen LogP contribution in [0.2, 0.25) is 0 Å². The summed E-state index contributed by atoms with van der Waals surface area (Å²) in [7, 11) is 0. The second kappa shape index (κ2) is 7.83. The molecule has 3 aromatic rings. The summed E-state index contributed by atoms with van der Waals surface area (Å²) in [5, 5.41) is 5.86. The molecule has 0 fully saturated rings. The first-order valence-electron chi connectivity index (χ1n) is 8.78. The molecule has 2 aromatic carbocycles. The van der Waals surface area contributed by atoms with E-state index in [1.54, 1.807) is 11.3 Å². The van der Waals surface area contributed by atoms with E-state index in [-0.39, 0.29) is 5.91 Å². The lowest BCUT2D eigenvalue weighted by atomic mass is 9.93. The number of amides is 1. The maximum Gasteiger partial charge on any atom is 0.227 e. The number of hydrogen-bond acceptors (Lipinski definition) is 3. The summed E-state index contributed by atoms with van der Waals surface area (Å²) in [4.78, 5) is 16.9. The van der Waals surface area contributed by atoms with Gasteiger partial charge in [-0.15, -0.1) is 11.3 Å². The van der Waals surface area contributed by atoms with Crippen molar-refractivity contribution in [2.24, 2.45) is 0 Å². The molecule has 4 heteroatoms. The van der Waals surface area contributed by atoms with Crippen molar-refractivity contribution in [1.82, 2.24) is 10.3 Å². The van der Waals surface area contributed by atoms with E-state index in [1.807, 2.05) is 30.3 Å². The minimum absolute atomic E-state index is 0.00254. The number of nitrogens with one attached hydrogen (secondary N) is 1. The Morgan fingerprint density at radius 3 is 2.50 bits per heavy atom. The zero-order chi connectivity index (χ0) is 18.7. The molecular formula is C22H24N2OS. The number of aryl methyl sites for hydroxylation is 1. The molecule has 0 spiro atoms. The van der Waals surface area contributed by atoms with Gasteiger partial charge in [-0.1, -0.05) is 30.3 Å². The highest BCUT2D eigenvalue weighted by Crippen LogP contribution is 2.30. The van der Waals surface area contributed by atoms with Crippen molar-refractivity contribution in [2.45, 2.75) is 40.7 Å². The Hall–Kier alpha value is -2.46. The lowest BCUT2D eigenvalue weighted by Crippen LogP contribution is -2.24. The Labute approximate surface area is 159 Å². The van der Waals surface area contributed by atoms with Gasteiger partial charge in [0.25, 0.3) is 0 Å². The van der Waals surface area contributed by atoms with Crippen LogP contribution in [0.25, 0.3) is 11.3 Å². The molecule has 1 aromatic heterocycles. The van der Waals surface area contributed by atoms with Gasteiger partial charge in [0.2, 0.25) is 5.91 Å². The number of nitrogens with zero attached hydrogens (tertiary/aromatic N) is 1. The number of benzene rings is 2. The monoisotopic (exact) mass is 364 g/mol. The zero-order valence-corrected chi connectivity index (χ0v) is 16.5. The van der Waals surface area contributed by atoms with E-state index in [2.05, 4.69) is 44.5 Å². The molecule has 0 saturated carbocycles. The van der Waals surface area contributed by atoms with Crippen LogP contribution in [0.5, 0.6) is 0 Å². The van der Waals surface area contributed by atoms with Crippen LogP contribution in [0, 0.1) is 27.7 Å². The molecule has 0 atom stereocenters.